The van der Waals surface area contributed by atoms with Crippen molar-refractivity contribution in [1.82, 2.24) is 0 Å². The summed E-state index contributed by atoms with van der Waals surface area (Å²) in [6.45, 7) is 1.75. The summed E-state index contributed by atoms with van der Waals surface area (Å²) < 4.78 is 12.3. The number of rotatable bonds is 0. The molecule has 9 heavy (non-hydrogen) atoms. The van der Waals surface area contributed by atoms with E-state index in [0.717, 1.165) is 0 Å². The molecule has 0 saturated heterocycles. The maximum atomic E-state index is 12.3. The average Bonchev–Trinajstić information content (AvgIpc) is 1.77. The van der Waals surface area contributed by atoms with Crippen LogP contribution in [0.1, 0.15) is 5.56 Å². The second kappa shape index (κ2) is 3.66. The fourth-order valence-electron chi connectivity index (χ4n) is 0.551. The number of hydrogen-bond donors (Lipinski definition) is 0. The molecule has 0 radical (unpaired) electrons. The van der Waals surface area contributed by atoms with Gasteiger partial charge < -0.3 is 0 Å². The van der Waals surface area contributed by atoms with E-state index in [-0.39, 0.29) is 23.2 Å². The number of hydrogen-bond acceptors (Lipinski definition) is 0. The monoisotopic (exact) mass is 162 g/mol. The molecule has 2 heteroatoms. The van der Waals surface area contributed by atoms with E-state index in [0.29, 0.717) is 5.56 Å². The van der Waals surface area contributed by atoms with Gasteiger partial charge in [-0.1, -0.05) is 18.2 Å². The van der Waals surface area contributed by atoms with Crippen LogP contribution in [0.25, 0.3) is 0 Å². The Bertz CT molecular complexity index is 165. The Kier molecular flexibility index (Phi) is 3.53. The summed E-state index contributed by atoms with van der Waals surface area (Å²) in [5, 5.41) is 0. The normalized spacial score (nSPS) is 8.22. The van der Waals surface area contributed by atoms with Crippen molar-refractivity contribution in [1.29, 1.82) is 0 Å². The van der Waals surface area contributed by atoms with Gasteiger partial charge in [-0.05, 0) is 18.6 Å². The van der Waals surface area contributed by atoms with Crippen molar-refractivity contribution in [2.45, 2.75) is 6.92 Å². The molecule has 0 heterocycles. The molecule has 0 aliphatic heterocycles. The van der Waals surface area contributed by atoms with Crippen LogP contribution in [0, 0.1) is 12.7 Å². The maximum Gasteiger partial charge on any atom is 0.126 e. The zero-order chi connectivity index (χ0) is 5.98. The molecule has 0 aliphatic rings. The van der Waals surface area contributed by atoms with E-state index in [1.165, 1.54) is 6.07 Å². The predicted octanol–water partition coefficient (Wildman–Crippen LogP) is 2.13. The summed E-state index contributed by atoms with van der Waals surface area (Å²) in [6, 6.07) is 6.70. The van der Waals surface area contributed by atoms with Gasteiger partial charge >= 0.3 is 0 Å². The predicted molar refractivity (Wildman–Crippen MR) is 31.1 cm³/mol. The van der Waals surface area contributed by atoms with Gasteiger partial charge in [-0.2, -0.15) is 0 Å². The third kappa shape index (κ3) is 2.17. The first kappa shape index (κ1) is 8.68. The first-order valence-corrected chi connectivity index (χ1v) is 2.52. The minimum absolute atomic E-state index is 0. The van der Waals surface area contributed by atoms with Gasteiger partial charge in [0.05, 0.1) is 0 Å². The van der Waals surface area contributed by atoms with Crippen LogP contribution in [0.15, 0.2) is 24.3 Å². The fourth-order valence-corrected chi connectivity index (χ4v) is 0.551. The van der Waals surface area contributed by atoms with Crippen LogP contribution < -0.4 is 0 Å². The number of benzene rings is 1. The molecule has 0 nitrogen and oxygen atoms in total. The van der Waals surface area contributed by atoms with Crippen LogP contribution in [-0.4, -0.2) is 0 Å². The van der Waals surface area contributed by atoms with Crippen molar-refractivity contribution in [2.75, 3.05) is 0 Å². The molecule has 0 amide bonds. The summed E-state index contributed by atoms with van der Waals surface area (Å²) in [5.41, 5.74) is 0.701. The molecule has 0 bridgehead atoms. The number of halogens is 1. The van der Waals surface area contributed by atoms with Crippen LogP contribution in [0.5, 0.6) is 0 Å². The van der Waals surface area contributed by atoms with Crippen molar-refractivity contribution < 1.29 is 21.8 Å². The summed E-state index contributed by atoms with van der Waals surface area (Å²) in [6.07, 6.45) is 0. The van der Waals surface area contributed by atoms with Crippen LogP contribution in [0.3, 0.4) is 0 Å². The van der Waals surface area contributed by atoms with E-state index >= 15 is 0 Å². The first-order valence-electron chi connectivity index (χ1n) is 2.52. The first-order chi connectivity index (χ1) is 3.80. The Morgan fingerprint density at radius 3 is 2.11 bits per heavy atom. The number of aryl methyl sites for hydroxylation is 1. The molecule has 0 aromatic heterocycles. The molecule has 0 saturated carbocycles. The Morgan fingerprint density at radius 2 is 1.78 bits per heavy atom. The van der Waals surface area contributed by atoms with Crippen LogP contribution >= 0.6 is 0 Å². The van der Waals surface area contributed by atoms with Gasteiger partial charge in [-0.15, -0.1) is 0 Å². The van der Waals surface area contributed by atoms with Gasteiger partial charge in [0, 0.05) is 17.4 Å². The SMILES string of the molecule is Cc1ccccc1F.[Cr]. The topological polar surface area (TPSA) is 0 Å². The largest absolute Gasteiger partial charge is 0.207 e. The van der Waals surface area contributed by atoms with Gasteiger partial charge in [0.1, 0.15) is 5.82 Å². The summed E-state index contributed by atoms with van der Waals surface area (Å²) >= 11 is 0. The Labute approximate surface area is 64.8 Å². The van der Waals surface area contributed by atoms with E-state index in [2.05, 4.69) is 0 Å². The average molecular weight is 162 g/mol. The third-order valence-electron chi connectivity index (χ3n) is 1.08. The molecule has 0 aliphatic carbocycles. The van der Waals surface area contributed by atoms with E-state index in [4.69, 9.17) is 0 Å². The van der Waals surface area contributed by atoms with Gasteiger partial charge in [-0.25, -0.2) is 4.39 Å². The second-order valence-electron chi connectivity index (χ2n) is 1.75. The van der Waals surface area contributed by atoms with Crippen LogP contribution in [-0.2, 0) is 17.4 Å². The molecular weight excluding hydrogens is 155 g/mol. The van der Waals surface area contributed by atoms with Gasteiger partial charge in [0.15, 0.2) is 0 Å². The van der Waals surface area contributed by atoms with Crippen molar-refractivity contribution >= 4 is 0 Å². The third-order valence-corrected chi connectivity index (χ3v) is 1.08. The zero-order valence-electron chi connectivity index (χ0n) is 5.10. The molecule has 0 atom stereocenters. The Morgan fingerprint density at radius 1 is 1.22 bits per heavy atom. The molecule has 0 unspecified atom stereocenters. The summed E-state index contributed by atoms with van der Waals surface area (Å²) in [4.78, 5) is 0. The molecule has 0 fully saturated rings. The molecule has 1 aromatic rings. The van der Waals surface area contributed by atoms with Gasteiger partial charge in [0.2, 0.25) is 0 Å². The molecule has 0 spiro atoms. The molecule has 48 valence electrons. The van der Waals surface area contributed by atoms with E-state index < -0.39 is 0 Å². The minimum Gasteiger partial charge on any atom is -0.207 e. The standard InChI is InChI=1S/C7H7F.Cr/c1-6-4-2-3-5-7(6)8;/h2-5H,1H3;. The fraction of sp³-hybridized carbons (Fsp3) is 0.143. The summed E-state index contributed by atoms with van der Waals surface area (Å²) in [7, 11) is 0. The van der Waals surface area contributed by atoms with E-state index in [9.17, 15) is 4.39 Å². The van der Waals surface area contributed by atoms with Crippen molar-refractivity contribution in [3.63, 3.8) is 0 Å². The van der Waals surface area contributed by atoms with Crippen molar-refractivity contribution in [3.8, 4) is 0 Å². The second-order valence-corrected chi connectivity index (χ2v) is 1.75. The molecule has 1 rings (SSSR count). The van der Waals surface area contributed by atoms with Crippen molar-refractivity contribution in [2.24, 2.45) is 0 Å². The summed E-state index contributed by atoms with van der Waals surface area (Å²) in [5.74, 6) is -0.132. The zero-order valence-corrected chi connectivity index (χ0v) is 6.37. The molecule has 0 N–H and O–H groups in total. The van der Waals surface area contributed by atoms with Crippen molar-refractivity contribution in [3.05, 3.63) is 35.6 Å². The van der Waals surface area contributed by atoms with Crippen LogP contribution in [0.2, 0.25) is 0 Å². The van der Waals surface area contributed by atoms with Gasteiger partial charge in [0.25, 0.3) is 0 Å². The Balaban J connectivity index is 0.000000640. The smallest absolute Gasteiger partial charge is 0.126 e. The molecular formula is C7H7CrF. The van der Waals surface area contributed by atoms with Gasteiger partial charge in [-0.3, -0.25) is 0 Å². The van der Waals surface area contributed by atoms with E-state index in [1.807, 2.05) is 6.07 Å². The van der Waals surface area contributed by atoms with Crippen LogP contribution in [0.4, 0.5) is 4.39 Å². The molecule has 1 aromatic carbocycles. The Hall–Kier alpha value is -0.318. The minimum atomic E-state index is -0.132. The quantitative estimate of drug-likeness (QED) is 0.548. The maximum absolute atomic E-state index is 12.3. The van der Waals surface area contributed by atoms with E-state index in [1.54, 1.807) is 19.1 Å².